The minimum Gasteiger partial charge on any atom is -0.493 e. The lowest BCUT2D eigenvalue weighted by Gasteiger charge is -2.26. The van der Waals surface area contributed by atoms with Crippen LogP contribution in [0.15, 0.2) is 42.5 Å². The zero-order valence-corrected chi connectivity index (χ0v) is 14.4. The van der Waals surface area contributed by atoms with Crippen molar-refractivity contribution in [1.82, 2.24) is 5.32 Å². The van der Waals surface area contributed by atoms with Gasteiger partial charge in [0.05, 0.1) is 26.4 Å². The van der Waals surface area contributed by atoms with E-state index >= 15 is 0 Å². The number of rotatable bonds is 5. The van der Waals surface area contributed by atoms with Gasteiger partial charge in [-0.05, 0) is 25.1 Å². The van der Waals surface area contributed by atoms with Crippen molar-refractivity contribution in [3.63, 3.8) is 0 Å². The first-order valence-electron chi connectivity index (χ1n) is 8.31. The van der Waals surface area contributed by atoms with E-state index in [1.807, 2.05) is 31.2 Å². The summed E-state index contributed by atoms with van der Waals surface area (Å²) in [6.07, 6.45) is 0.733. The number of urea groups is 1. The summed E-state index contributed by atoms with van der Waals surface area (Å²) in [5.41, 5.74) is 1.63. The van der Waals surface area contributed by atoms with Gasteiger partial charge < -0.3 is 24.8 Å². The molecular weight excluding hydrogens is 320 g/mol. The Hall–Kier alpha value is -2.89. The molecule has 2 amide bonds. The van der Waals surface area contributed by atoms with E-state index in [2.05, 4.69) is 10.6 Å². The minimum atomic E-state index is -0.269. The number of fused-ring (bicyclic) bond motifs is 1. The van der Waals surface area contributed by atoms with Crippen molar-refractivity contribution in [2.24, 2.45) is 0 Å². The molecule has 6 nitrogen and oxygen atoms in total. The largest absolute Gasteiger partial charge is 0.493 e. The number of hydrogen-bond donors (Lipinski definition) is 2. The molecule has 1 heterocycles. The summed E-state index contributed by atoms with van der Waals surface area (Å²) >= 11 is 0. The fourth-order valence-corrected chi connectivity index (χ4v) is 2.84. The maximum Gasteiger partial charge on any atom is 0.319 e. The van der Waals surface area contributed by atoms with Crippen molar-refractivity contribution >= 4 is 11.7 Å². The van der Waals surface area contributed by atoms with Crippen LogP contribution >= 0.6 is 0 Å². The summed E-state index contributed by atoms with van der Waals surface area (Å²) in [5, 5.41) is 5.85. The molecule has 25 heavy (non-hydrogen) atoms. The SMILES string of the molecule is CCOc1cc(NC(=O)N[C@H]2CCOc3ccccc32)ccc1OC. The van der Waals surface area contributed by atoms with E-state index in [9.17, 15) is 4.79 Å². The number of ether oxygens (including phenoxy) is 3. The van der Waals surface area contributed by atoms with Crippen molar-refractivity contribution in [2.75, 3.05) is 25.6 Å². The van der Waals surface area contributed by atoms with Crippen molar-refractivity contribution in [2.45, 2.75) is 19.4 Å². The molecule has 0 aromatic heterocycles. The van der Waals surface area contributed by atoms with E-state index in [4.69, 9.17) is 14.2 Å². The van der Waals surface area contributed by atoms with Gasteiger partial charge in [-0.1, -0.05) is 18.2 Å². The topological polar surface area (TPSA) is 68.8 Å². The third-order valence-electron chi connectivity index (χ3n) is 3.99. The quantitative estimate of drug-likeness (QED) is 0.868. The first-order chi connectivity index (χ1) is 12.2. The standard InChI is InChI=1S/C19H22N2O4/c1-3-24-18-12-13(8-9-17(18)23-2)20-19(22)21-15-10-11-25-16-7-5-4-6-14(15)16/h4-9,12,15H,3,10-11H2,1-2H3,(H2,20,21,22)/t15-/m0/s1. The third kappa shape index (κ3) is 3.96. The Labute approximate surface area is 147 Å². The summed E-state index contributed by atoms with van der Waals surface area (Å²) in [4.78, 5) is 12.4. The lowest BCUT2D eigenvalue weighted by Crippen LogP contribution is -2.35. The molecule has 2 aromatic carbocycles. The molecule has 0 saturated heterocycles. The van der Waals surface area contributed by atoms with Crippen molar-refractivity contribution in [1.29, 1.82) is 0 Å². The molecule has 0 aliphatic carbocycles. The van der Waals surface area contributed by atoms with E-state index in [0.717, 1.165) is 17.7 Å². The van der Waals surface area contributed by atoms with Crippen LogP contribution in [-0.2, 0) is 0 Å². The third-order valence-corrected chi connectivity index (χ3v) is 3.99. The van der Waals surface area contributed by atoms with E-state index < -0.39 is 0 Å². The number of anilines is 1. The van der Waals surface area contributed by atoms with Crippen molar-refractivity contribution < 1.29 is 19.0 Å². The number of methoxy groups -OCH3 is 1. The first kappa shape index (κ1) is 17.0. The number of benzene rings is 2. The molecule has 3 rings (SSSR count). The molecule has 0 radical (unpaired) electrons. The fraction of sp³-hybridized carbons (Fsp3) is 0.316. The second-order valence-corrected chi connectivity index (χ2v) is 5.62. The maximum absolute atomic E-state index is 12.4. The van der Waals surface area contributed by atoms with E-state index in [-0.39, 0.29) is 12.1 Å². The summed E-state index contributed by atoms with van der Waals surface area (Å²) < 4.78 is 16.4. The molecule has 0 spiro atoms. The zero-order valence-electron chi connectivity index (χ0n) is 14.4. The number of hydrogen-bond acceptors (Lipinski definition) is 4. The maximum atomic E-state index is 12.4. The van der Waals surface area contributed by atoms with Crippen LogP contribution in [0.4, 0.5) is 10.5 Å². The first-order valence-corrected chi connectivity index (χ1v) is 8.31. The number of amides is 2. The predicted octanol–water partition coefficient (Wildman–Crippen LogP) is 3.74. The summed E-state index contributed by atoms with van der Waals surface area (Å²) in [7, 11) is 1.58. The van der Waals surface area contributed by atoms with Crippen molar-refractivity contribution in [3.05, 3.63) is 48.0 Å². The lowest BCUT2D eigenvalue weighted by molar-refractivity contribution is 0.232. The van der Waals surface area contributed by atoms with Crippen LogP contribution in [0.1, 0.15) is 24.9 Å². The summed E-state index contributed by atoms with van der Waals surface area (Å²) in [6, 6.07) is 12.7. The average Bonchev–Trinajstić information content (AvgIpc) is 2.62. The smallest absolute Gasteiger partial charge is 0.319 e. The summed E-state index contributed by atoms with van der Waals surface area (Å²) in [5.74, 6) is 2.05. The van der Waals surface area contributed by atoms with Crippen LogP contribution in [0.25, 0.3) is 0 Å². The second kappa shape index (κ2) is 7.79. The molecule has 132 valence electrons. The number of para-hydroxylation sites is 1. The molecular formula is C19H22N2O4. The van der Waals surface area contributed by atoms with Gasteiger partial charge in [-0.2, -0.15) is 0 Å². The van der Waals surface area contributed by atoms with Crippen LogP contribution in [0.2, 0.25) is 0 Å². The second-order valence-electron chi connectivity index (χ2n) is 5.62. The lowest BCUT2D eigenvalue weighted by atomic mass is 10.0. The Morgan fingerprint density at radius 3 is 2.88 bits per heavy atom. The van der Waals surface area contributed by atoms with Gasteiger partial charge in [-0.15, -0.1) is 0 Å². The van der Waals surface area contributed by atoms with E-state index in [1.54, 1.807) is 25.3 Å². The summed E-state index contributed by atoms with van der Waals surface area (Å²) in [6.45, 7) is 3.00. The van der Waals surface area contributed by atoms with Crippen molar-refractivity contribution in [3.8, 4) is 17.2 Å². The Bertz CT molecular complexity index is 748. The van der Waals surface area contributed by atoms with Gasteiger partial charge in [0.2, 0.25) is 0 Å². The van der Waals surface area contributed by atoms with E-state index in [0.29, 0.717) is 30.4 Å². The Morgan fingerprint density at radius 2 is 2.08 bits per heavy atom. The Morgan fingerprint density at radius 1 is 1.24 bits per heavy atom. The molecule has 1 aliphatic heterocycles. The van der Waals surface area contributed by atoms with Gasteiger partial charge >= 0.3 is 6.03 Å². The van der Waals surface area contributed by atoms with Crippen LogP contribution in [0.5, 0.6) is 17.2 Å². The molecule has 0 unspecified atom stereocenters. The number of carbonyl (C=O) groups is 1. The molecule has 0 saturated carbocycles. The molecule has 2 N–H and O–H groups in total. The van der Waals surface area contributed by atoms with Gasteiger partial charge in [0.25, 0.3) is 0 Å². The van der Waals surface area contributed by atoms with Crippen LogP contribution in [-0.4, -0.2) is 26.4 Å². The molecule has 0 fully saturated rings. The average molecular weight is 342 g/mol. The minimum absolute atomic E-state index is 0.0745. The van der Waals surface area contributed by atoms with Crippen LogP contribution < -0.4 is 24.8 Å². The zero-order chi connectivity index (χ0) is 17.6. The highest BCUT2D eigenvalue weighted by atomic mass is 16.5. The van der Waals surface area contributed by atoms with Gasteiger partial charge in [-0.3, -0.25) is 0 Å². The molecule has 1 aliphatic rings. The number of nitrogens with one attached hydrogen (secondary N) is 2. The van der Waals surface area contributed by atoms with Gasteiger partial charge in [0.1, 0.15) is 5.75 Å². The Kier molecular flexibility index (Phi) is 5.28. The number of carbonyl (C=O) groups excluding carboxylic acids is 1. The van der Waals surface area contributed by atoms with Gasteiger partial charge in [0.15, 0.2) is 11.5 Å². The predicted molar refractivity (Wildman–Crippen MR) is 95.6 cm³/mol. The highest BCUT2D eigenvalue weighted by Crippen LogP contribution is 2.32. The highest BCUT2D eigenvalue weighted by molar-refractivity contribution is 5.90. The normalized spacial score (nSPS) is 15.5. The highest BCUT2D eigenvalue weighted by Gasteiger charge is 2.22. The monoisotopic (exact) mass is 342 g/mol. The Balaban J connectivity index is 1.68. The van der Waals surface area contributed by atoms with Gasteiger partial charge in [-0.25, -0.2) is 4.79 Å². The van der Waals surface area contributed by atoms with Crippen LogP contribution in [0, 0.1) is 0 Å². The molecule has 0 bridgehead atoms. The van der Waals surface area contributed by atoms with E-state index in [1.165, 1.54) is 0 Å². The molecule has 6 heteroatoms. The fourth-order valence-electron chi connectivity index (χ4n) is 2.84. The van der Waals surface area contributed by atoms with Crippen LogP contribution in [0.3, 0.4) is 0 Å². The molecule has 1 atom stereocenters. The van der Waals surface area contributed by atoms with Gasteiger partial charge in [0, 0.05) is 23.7 Å². The molecule has 2 aromatic rings.